The van der Waals surface area contributed by atoms with Gasteiger partial charge in [0.25, 0.3) is 0 Å². The van der Waals surface area contributed by atoms with E-state index in [1.54, 1.807) is 11.4 Å². The molecule has 1 atom stereocenters. The minimum absolute atomic E-state index is 0.0328. The molecule has 1 aliphatic carbocycles. The van der Waals surface area contributed by atoms with Gasteiger partial charge in [-0.25, -0.2) is 18.4 Å². The number of hydrogen-bond donors (Lipinski definition) is 1. The molecule has 3 aromatic heterocycles. The van der Waals surface area contributed by atoms with Crippen LogP contribution in [-0.4, -0.2) is 72.9 Å². The molecule has 3 aromatic rings. The molecule has 1 N–H and O–H groups in total. The molecule has 0 aromatic carbocycles. The van der Waals surface area contributed by atoms with Crippen molar-refractivity contribution in [2.75, 3.05) is 39.2 Å². The van der Waals surface area contributed by atoms with Gasteiger partial charge in [-0.1, -0.05) is 0 Å². The number of aromatic nitrogens is 3. The summed E-state index contributed by atoms with van der Waals surface area (Å²) in [7, 11) is -1.64. The normalized spacial score (nSPS) is 24.7. The first-order valence-corrected chi connectivity index (χ1v) is 13.9. The van der Waals surface area contributed by atoms with E-state index in [9.17, 15) is 8.42 Å². The summed E-state index contributed by atoms with van der Waals surface area (Å²) in [4.78, 5) is 12.1. The van der Waals surface area contributed by atoms with E-state index in [1.165, 1.54) is 10.9 Å². The van der Waals surface area contributed by atoms with E-state index in [0.29, 0.717) is 32.2 Å². The number of H-pyrrole nitrogens is 1. The molecular weight excluding hydrogens is 452 g/mol. The van der Waals surface area contributed by atoms with Gasteiger partial charge in [0.15, 0.2) is 5.65 Å². The number of pyridine rings is 2. The Bertz CT molecular complexity index is 1220. The van der Waals surface area contributed by atoms with Gasteiger partial charge in [0.05, 0.1) is 36.8 Å². The molecule has 184 valence electrons. The van der Waals surface area contributed by atoms with Crippen molar-refractivity contribution in [3.63, 3.8) is 0 Å². The Morgan fingerprint density at radius 1 is 1.12 bits per heavy atom. The van der Waals surface area contributed by atoms with Crippen molar-refractivity contribution in [3.8, 4) is 0 Å². The van der Waals surface area contributed by atoms with Crippen LogP contribution in [0.5, 0.6) is 0 Å². The molecule has 8 nitrogen and oxygen atoms in total. The molecule has 0 spiro atoms. The fourth-order valence-corrected chi connectivity index (χ4v) is 7.60. The van der Waals surface area contributed by atoms with Crippen molar-refractivity contribution >= 4 is 32.0 Å². The molecule has 2 fully saturated rings. The van der Waals surface area contributed by atoms with Gasteiger partial charge in [-0.15, -0.1) is 0 Å². The van der Waals surface area contributed by atoms with Gasteiger partial charge in [0.1, 0.15) is 0 Å². The molecule has 0 amide bonds. The molecule has 1 saturated carbocycles. The van der Waals surface area contributed by atoms with Crippen LogP contribution in [0.4, 0.5) is 0 Å². The van der Waals surface area contributed by atoms with Crippen molar-refractivity contribution in [3.05, 3.63) is 36.3 Å². The monoisotopic (exact) mass is 486 g/mol. The van der Waals surface area contributed by atoms with Crippen LogP contribution in [0, 0.1) is 5.92 Å². The Balaban J connectivity index is 1.22. The maximum Gasteiger partial charge on any atom is 0.214 e. The third-order valence-corrected chi connectivity index (χ3v) is 9.44. The van der Waals surface area contributed by atoms with Crippen LogP contribution < -0.4 is 0 Å². The summed E-state index contributed by atoms with van der Waals surface area (Å²) >= 11 is 0. The number of methoxy groups -OCH3 is 1. The van der Waals surface area contributed by atoms with Crippen LogP contribution in [0.15, 0.2) is 30.7 Å². The summed E-state index contributed by atoms with van der Waals surface area (Å²) < 4.78 is 38.9. The third-order valence-electron chi connectivity index (χ3n) is 7.43. The van der Waals surface area contributed by atoms with Crippen LogP contribution in [0.25, 0.3) is 21.9 Å². The van der Waals surface area contributed by atoms with Gasteiger partial charge in [-0.3, -0.25) is 0 Å². The average molecular weight is 487 g/mol. The lowest BCUT2D eigenvalue weighted by atomic mass is 9.78. The summed E-state index contributed by atoms with van der Waals surface area (Å²) in [5, 5.41) is 2.29. The highest BCUT2D eigenvalue weighted by Gasteiger charge is 2.33. The summed E-state index contributed by atoms with van der Waals surface area (Å²) in [6.07, 6.45) is 11.2. The van der Waals surface area contributed by atoms with E-state index in [-0.39, 0.29) is 17.8 Å². The minimum Gasteiger partial charge on any atom is -0.382 e. The van der Waals surface area contributed by atoms with Crippen LogP contribution >= 0.6 is 0 Å². The first-order chi connectivity index (χ1) is 16.5. The van der Waals surface area contributed by atoms with Gasteiger partial charge in [0, 0.05) is 43.4 Å². The third kappa shape index (κ3) is 4.98. The van der Waals surface area contributed by atoms with E-state index in [2.05, 4.69) is 21.0 Å². The standard InChI is InChI=1S/C25H34N4O4S/c1-32-13-14-33-20-3-2-12-29(16-20)34(30,31)17-18-4-6-19(7-5-18)21-8-10-26-23-15-28-25-22(24(21)23)9-11-27-25/h8-11,15,18-20,26H,2-7,12-14,16-17H2,1H3. The smallest absolute Gasteiger partial charge is 0.214 e. The number of aromatic amines is 1. The molecule has 4 heterocycles. The largest absolute Gasteiger partial charge is 0.382 e. The Labute approximate surface area is 201 Å². The summed E-state index contributed by atoms with van der Waals surface area (Å²) in [6.45, 7) is 2.11. The van der Waals surface area contributed by atoms with Crippen LogP contribution in [0.3, 0.4) is 0 Å². The maximum absolute atomic E-state index is 13.2. The molecule has 0 bridgehead atoms. The lowest BCUT2D eigenvalue weighted by Gasteiger charge is -2.34. The fourth-order valence-electron chi connectivity index (χ4n) is 5.66. The minimum atomic E-state index is -3.28. The molecule has 1 unspecified atom stereocenters. The van der Waals surface area contributed by atoms with E-state index < -0.39 is 10.0 Å². The van der Waals surface area contributed by atoms with Crippen LogP contribution in [-0.2, 0) is 19.5 Å². The van der Waals surface area contributed by atoms with Crippen molar-refractivity contribution < 1.29 is 17.9 Å². The quantitative estimate of drug-likeness (QED) is 0.486. The van der Waals surface area contributed by atoms with E-state index >= 15 is 0 Å². The van der Waals surface area contributed by atoms with E-state index in [0.717, 1.165) is 55.1 Å². The second-order valence-corrected chi connectivity index (χ2v) is 11.7. The Morgan fingerprint density at radius 3 is 2.79 bits per heavy atom. The van der Waals surface area contributed by atoms with Crippen LogP contribution in [0.2, 0.25) is 0 Å². The van der Waals surface area contributed by atoms with Crippen molar-refractivity contribution in [1.82, 2.24) is 19.3 Å². The topological polar surface area (TPSA) is 97.4 Å². The van der Waals surface area contributed by atoms with Gasteiger partial charge in [0.2, 0.25) is 10.0 Å². The van der Waals surface area contributed by atoms with Crippen LogP contribution in [0.1, 0.15) is 50.0 Å². The van der Waals surface area contributed by atoms with Gasteiger partial charge < -0.3 is 14.5 Å². The number of nitrogens with zero attached hydrogens (tertiary/aromatic N) is 3. The SMILES string of the molecule is COCCOC1CCCN(S(=O)(=O)CC2CCC(c3cc[nH]c4cnc5nccc5c34)CC2)C1. The maximum atomic E-state index is 13.2. The number of fused-ring (bicyclic) bond motifs is 3. The summed E-state index contributed by atoms with van der Waals surface area (Å²) in [5.41, 5.74) is 3.12. The molecule has 5 rings (SSSR count). The Morgan fingerprint density at radius 2 is 1.97 bits per heavy atom. The van der Waals surface area contributed by atoms with Crippen molar-refractivity contribution in [2.24, 2.45) is 5.92 Å². The number of ether oxygens (including phenoxy) is 2. The predicted octanol–water partition coefficient (Wildman–Crippen LogP) is 3.84. The molecule has 34 heavy (non-hydrogen) atoms. The first-order valence-electron chi connectivity index (χ1n) is 12.3. The Kier molecular flexibility index (Phi) is 7.15. The molecule has 0 radical (unpaired) electrons. The zero-order valence-electron chi connectivity index (χ0n) is 19.8. The van der Waals surface area contributed by atoms with E-state index in [1.807, 2.05) is 24.7 Å². The molecule has 1 saturated heterocycles. The zero-order chi connectivity index (χ0) is 23.5. The zero-order valence-corrected chi connectivity index (χ0v) is 20.6. The van der Waals surface area contributed by atoms with Crippen molar-refractivity contribution in [2.45, 2.75) is 50.5 Å². The second kappa shape index (κ2) is 10.3. The molecule has 9 heteroatoms. The average Bonchev–Trinajstić information content (AvgIpc) is 3.34. The molecule has 1 aliphatic heterocycles. The highest BCUT2D eigenvalue weighted by Crippen LogP contribution is 2.40. The van der Waals surface area contributed by atoms with Gasteiger partial charge >= 0.3 is 0 Å². The fraction of sp³-hybridized carbons (Fsp3) is 0.600. The van der Waals surface area contributed by atoms with Gasteiger partial charge in [-0.2, -0.15) is 4.31 Å². The number of sulfonamides is 1. The number of nitrogens with one attached hydrogen (secondary N) is 1. The summed E-state index contributed by atoms with van der Waals surface area (Å²) in [6, 6.07) is 4.21. The second-order valence-electron chi connectivity index (χ2n) is 9.64. The first kappa shape index (κ1) is 23.7. The highest BCUT2D eigenvalue weighted by atomic mass is 32.2. The highest BCUT2D eigenvalue weighted by molar-refractivity contribution is 7.89. The van der Waals surface area contributed by atoms with Crippen molar-refractivity contribution in [1.29, 1.82) is 0 Å². The van der Waals surface area contributed by atoms with Gasteiger partial charge in [-0.05, 0) is 68.1 Å². The summed E-state index contributed by atoms with van der Waals surface area (Å²) in [5.74, 6) is 0.874. The Hall–Kier alpha value is -2.07. The predicted molar refractivity (Wildman–Crippen MR) is 132 cm³/mol. The molecular formula is C25H34N4O4S. The van der Waals surface area contributed by atoms with E-state index in [4.69, 9.17) is 9.47 Å². The lowest BCUT2D eigenvalue weighted by molar-refractivity contribution is -0.00658. The number of rotatable bonds is 8. The number of hydrogen-bond acceptors (Lipinski definition) is 6. The number of piperidine rings is 1. The molecule has 2 aliphatic rings. The lowest BCUT2D eigenvalue weighted by Crippen LogP contribution is -2.45.